The molecule has 1 amide bonds. The summed E-state index contributed by atoms with van der Waals surface area (Å²) < 4.78 is 0. The van der Waals surface area contributed by atoms with Gasteiger partial charge < -0.3 is 10.0 Å². The van der Waals surface area contributed by atoms with Crippen LogP contribution in [0.5, 0.6) is 0 Å². The van der Waals surface area contributed by atoms with E-state index in [0.29, 0.717) is 5.06 Å². The van der Waals surface area contributed by atoms with Crippen molar-refractivity contribution in [3.8, 4) is 0 Å². The molecule has 0 aliphatic rings. The summed E-state index contributed by atoms with van der Waals surface area (Å²) in [6.45, 7) is 1.40. The van der Waals surface area contributed by atoms with Gasteiger partial charge in [0.05, 0.1) is 6.42 Å². The van der Waals surface area contributed by atoms with Crippen LogP contribution in [0.3, 0.4) is 0 Å². The number of carbonyl (C=O) groups excluding carboxylic acids is 1. The van der Waals surface area contributed by atoms with E-state index in [1.54, 1.807) is 0 Å². The standard InChI is InChI=1S/C14H28N2O4.ClH/c1-15(2)11-7-5-3-4-6-8-12-16(20)13(17)9-10-14(18)19;/h20H,3-12H2,1-2H3,(H,18,19);1H. The molecule has 0 unspecified atom stereocenters. The number of carboxylic acid groups (broad SMARTS) is 1. The molecule has 0 saturated heterocycles. The monoisotopic (exact) mass is 324 g/mol. The van der Waals surface area contributed by atoms with Gasteiger partial charge in [0.1, 0.15) is 0 Å². The van der Waals surface area contributed by atoms with E-state index in [4.69, 9.17) is 5.11 Å². The maximum atomic E-state index is 11.3. The number of carbonyl (C=O) groups is 2. The van der Waals surface area contributed by atoms with E-state index >= 15 is 0 Å². The third kappa shape index (κ3) is 15.4. The van der Waals surface area contributed by atoms with Crippen LogP contribution in [-0.4, -0.2) is 59.3 Å². The normalized spacial score (nSPS) is 10.3. The molecule has 0 aliphatic carbocycles. The molecule has 0 aromatic rings. The van der Waals surface area contributed by atoms with Crippen LogP contribution in [0.15, 0.2) is 0 Å². The molecule has 0 fully saturated rings. The Kier molecular flexibility index (Phi) is 15.1. The van der Waals surface area contributed by atoms with E-state index in [1.807, 2.05) is 0 Å². The Bertz CT molecular complexity index is 288. The average Bonchev–Trinajstić information content (AvgIpc) is 2.38. The first-order chi connectivity index (χ1) is 9.43. The van der Waals surface area contributed by atoms with Crippen molar-refractivity contribution in [3.05, 3.63) is 0 Å². The van der Waals surface area contributed by atoms with Crippen molar-refractivity contribution in [1.29, 1.82) is 0 Å². The number of hydroxylamine groups is 2. The molecule has 0 aromatic heterocycles. The van der Waals surface area contributed by atoms with Crippen LogP contribution in [-0.2, 0) is 9.59 Å². The first-order valence-electron chi connectivity index (χ1n) is 7.29. The van der Waals surface area contributed by atoms with Crippen LogP contribution < -0.4 is 0 Å². The Morgan fingerprint density at radius 3 is 1.81 bits per heavy atom. The maximum absolute atomic E-state index is 11.3. The summed E-state index contributed by atoms with van der Waals surface area (Å²) in [4.78, 5) is 23.8. The van der Waals surface area contributed by atoms with Crippen LogP contribution >= 0.6 is 12.4 Å². The molecule has 21 heavy (non-hydrogen) atoms. The zero-order valence-corrected chi connectivity index (χ0v) is 13.9. The number of nitrogens with zero attached hydrogens (tertiary/aromatic N) is 2. The number of aliphatic carboxylic acids is 1. The molecule has 0 radical (unpaired) electrons. The third-order valence-corrected chi connectivity index (χ3v) is 3.07. The van der Waals surface area contributed by atoms with Crippen molar-refractivity contribution in [1.82, 2.24) is 9.96 Å². The molecule has 2 N–H and O–H groups in total. The smallest absolute Gasteiger partial charge is 0.303 e. The molecule has 0 aromatic carbocycles. The molecule has 0 saturated carbocycles. The predicted octanol–water partition coefficient (Wildman–Crippen LogP) is 2.39. The van der Waals surface area contributed by atoms with Gasteiger partial charge in [-0.2, -0.15) is 0 Å². The average molecular weight is 325 g/mol. The summed E-state index contributed by atoms with van der Waals surface area (Å²) in [6, 6.07) is 0. The maximum Gasteiger partial charge on any atom is 0.303 e. The predicted molar refractivity (Wildman–Crippen MR) is 83.9 cm³/mol. The van der Waals surface area contributed by atoms with Gasteiger partial charge in [0.2, 0.25) is 5.91 Å². The highest BCUT2D eigenvalue weighted by molar-refractivity contribution is 5.85. The molecule has 0 aliphatic heterocycles. The highest BCUT2D eigenvalue weighted by Gasteiger charge is 2.11. The van der Waals surface area contributed by atoms with Gasteiger partial charge in [-0.25, -0.2) is 5.06 Å². The molecule has 126 valence electrons. The number of halogens is 1. The van der Waals surface area contributed by atoms with Gasteiger partial charge in [-0.15, -0.1) is 12.4 Å². The summed E-state index contributed by atoms with van der Waals surface area (Å²) in [6.07, 6.45) is 6.04. The highest BCUT2D eigenvalue weighted by Crippen LogP contribution is 2.07. The van der Waals surface area contributed by atoms with E-state index < -0.39 is 11.9 Å². The second kappa shape index (κ2) is 14.1. The minimum Gasteiger partial charge on any atom is -0.481 e. The second-order valence-electron chi connectivity index (χ2n) is 5.34. The summed E-state index contributed by atoms with van der Waals surface area (Å²) >= 11 is 0. The lowest BCUT2D eigenvalue weighted by atomic mass is 10.1. The van der Waals surface area contributed by atoms with Crippen molar-refractivity contribution >= 4 is 24.3 Å². The van der Waals surface area contributed by atoms with E-state index in [0.717, 1.165) is 25.8 Å². The van der Waals surface area contributed by atoms with Crippen LogP contribution in [0.4, 0.5) is 0 Å². The highest BCUT2D eigenvalue weighted by atomic mass is 35.5. The zero-order valence-electron chi connectivity index (χ0n) is 13.1. The van der Waals surface area contributed by atoms with Crippen LogP contribution in [0.25, 0.3) is 0 Å². The van der Waals surface area contributed by atoms with Crippen molar-refractivity contribution in [2.24, 2.45) is 0 Å². The van der Waals surface area contributed by atoms with Gasteiger partial charge >= 0.3 is 5.97 Å². The SMILES string of the molecule is CN(C)CCCCCCCCN(O)C(=O)CCC(=O)O.Cl. The first kappa shape index (κ1) is 22.4. The van der Waals surface area contributed by atoms with Crippen molar-refractivity contribution in [3.63, 3.8) is 0 Å². The van der Waals surface area contributed by atoms with Crippen molar-refractivity contribution in [2.75, 3.05) is 27.2 Å². The lowest BCUT2D eigenvalue weighted by Gasteiger charge is -2.14. The molecular weight excluding hydrogens is 296 g/mol. The van der Waals surface area contributed by atoms with Crippen LogP contribution in [0, 0.1) is 0 Å². The minimum absolute atomic E-state index is 0. The Morgan fingerprint density at radius 2 is 1.33 bits per heavy atom. The Balaban J connectivity index is 0. The van der Waals surface area contributed by atoms with E-state index in [9.17, 15) is 14.8 Å². The fourth-order valence-electron chi connectivity index (χ4n) is 1.86. The Labute approximate surface area is 133 Å². The lowest BCUT2D eigenvalue weighted by molar-refractivity contribution is -0.166. The number of amides is 1. The van der Waals surface area contributed by atoms with Gasteiger partial charge in [0.15, 0.2) is 0 Å². The van der Waals surface area contributed by atoms with Gasteiger partial charge in [0, 0.05) is 13.0 Å². The number of hydrogen-bond donors (Lipinski definition) is 2. The number of unbranched alkanes of at least 4 members (excludes halogenated alkanes) is 5. The second-order valence-corrected chi connectivity index (χ2v) is 5.34. The molecule has 6 nitrogen and oxygen atoms in total. The van der Waals surface area contributed by atoms with Crippen molar-refractivity contribution in [2.45, 2.75) is 51.4 Å². The van der Waals surface area contributed by atoms with Crippen molar-refractivity contribution < 1.29 is 19.9 Å². The van der Waals surface area contributed by atoms with E-state index in [1.165, 1.54) is 19.3 Å². The molecule has 7 heteroatoms. The summed E-state index contributed by atoms with van der Waals surface area (Å²) in [5.41, 5.74) is 0. The molecule has 0 spiro atoms. The van der Waals surface area contributed by atoms with Gasteiger partial charge in [-0.3, -0.25) is 14.8 Å². The van der Waals surface area contributed by atoms with E-state index in [2.05, 4.69) is 19.0 Å². The minimum atomic E-state index is -1.02. The fourth-order valence-corrected chi connectivity index (χ4v) is 1.86. The Morgan fingerprint density at radius 1 is 0.857 bits per heavy atom. The molecule has 0 bridgehead atoms. The number of rotatable bonds is 12. The fraction of sp³-hybridized carbons (Fsp3) is 0.857. The molecule has 0 rings (SSSR count). The molecular formula is C14H29ClN2O4. The quantitative estimate of drug-likeness (QED) is 0.327. The number of hydrogen-bond acceptors (Lipinski definition) is 4. The molecule has 0 heterocycles. The van der Waals surface area contributed by atoms with Gasteiger partial charge in [-0.05, 0) is 33.5 Å². The topological polar surface area (TPSA) is 81.1 Å². The first-order valence-corrected chi connectivity index (χ1v) is 7.29. The third-order valence-electron chi connectivity index (χ3n) is 3.07. The Hall–Kier alpha value is -0.850. The summed E-state index contributed by atoms with van der Waals surface area (Å²) in [5, 5.41) is 18.5. The van der Waals surface area contributed by atoms with E-state index in [-0.39, 0.29) is 31.8 Å². The van der Waals surface area contributed by atoms with Crippen LogP contribution in [0.2, 0.25) is 0 Å². The zero-order chi connectivity index (χ0) is 15.4. The molecule has 0 atom stereocenters. The van der Waals surface area contributed by atoms with Gasteiger partial charge in [-0.1, -0.05) is 25.7 Å². The summed E-state index contributed by atoms with van der Waals surface area (Å²) in [5.74, 6) is -1.54. The van der Waals surface area contributed by atoms with Gasteiger partial charge in [0.25, 0.3) is 0 Å². The number of carboxylic acids is 1. The largest absolute Gasteiger partial charge is 0.481 e. The lowest BCUT2D eigenvalue weighted by Crippen LogP contribution is -2.28. The summed E-state index contributed by atoms with van der Waals surface area (Å²) in [7, 11) is 4.13. The van der Waals surface area contributed by atoms with Crippen LogP contribution in [0.1, 0.15) is 51.4 Å².